The molecule has 1 aliphatic carbocycles. The zero-order valence-electron chi connectivity index (χ0n) is 24.7. The topological polar surface area (TPSA) is 105 Å². The summed E-state index contributed by atoms with van der Waals surface area (Å²) >= 11 is 6.04. The van der Waals surface area contributed by atoms with E-state index in [1.807, 2.05) is 6.07 Å². The van der Waals surface area contributed by atoms with E-state index >= 15 is 0 Å². The number of sulfonamides is 1. The van der Waals surface area contributed by atoms with E-state index in [1.165, 1.54) is 29.2 Å². The summed E-state index contributed by atoms with van der Waals surface area (Å²) in [6.45, 7) is 3.24. The number of amides is 2. The Kier molecular flexibility index (Phi) is 10.9. The summed E-state index contributed by atoms with van der Waals surface area (Å²) in [5.74, 6) is 0.0676. The van der Waals surface area contributed by atoms with Crippen LogP contribution in [0.15, 0.2) is 77.7 Å². The van der Waals surface area contributed by atoms with Crippen LogP contribution in [0.4, 0.5) is 5.69 Å². The predicted octanol–water partition coefficient (Wildman–Crippen LogP) is 5.42. The molecule has 2 amide bonds. The minimum absolute atomic E-state index is 0.0395. The predicted molar refractivity (Wildman–Crippen MR) is 167 cm³/mol. The first-order chi connectivity index (χ1) is 20.6. The van der Waals surface area contributed by atoms with E-state index in [0.717, 1.165) is 35.6 Å². The van der Waals surface area contributed by atoms with E-state index in [1.54, 1.807) is 63.4 Å². The van der Waals surface area contributed by atoms with Crippen molar-refractivity contribution in [1.29, 1.82) is 0 Å². The number of methoxy groups -OCH3 is 1. The van der Waals surface area contributed by atoms with Crippen LogP contribution in [-0.4, -0.2) is 57.5 Å². The van der Waals surface area contributed by atoms with Crippen LogP contribution < -0.4 is 19.1 Å². The first kappa shape index (κ1) is 32.2. The SMILES string of the molecule is CCOc1ccccc1N(CC(=O)N(Cc1cccc(OC)c1)C(C)C(=O)NC1CCCC1)S(=O)(=O)c1ccc(Cl)cc1. The lowest BCUT2D eigenvalue weighted by atomic mass is 10.1. The Labute approximate surface area is 258 Å². The lowest BCUT2D eigenvalue weighted by Gasteiger charge is -2.33. The Morgan fingerprint density at radius 3 is 2.40 bits per heavy atom. The number of rotatable bonds is 13. The van der Waals surface area contributed by atoms with Gasteiger partial charge in [-0.2, -0.15) is 0 Å². The van der Waals surface area contributed by atoms with Gasteiger partial charge in [0, 0.05) is 17.6 Å². The Bertz CT molecular complexity index is 1510. The van der Waals surface area contributed by atoms with Gasteiger partial charge in [-0.05, 0) is 80.8 Å². The van der Waals surface area contributed by atoms with Crippen LogP contribution in [0.3, 0.4) is 0 Å². The Hall–Kier alpha value is -3.76. The molecule has 9 nitrogen and oxygen atoms in total. The third-order valence-electron chi connectivity index (χ3n) is 7.47. The molecule has 0 spiro atoms. The number of anilines is 1. The van der Waals surface area contributed by atoms with Crippen molar-refractivity contribution in [3.8, 4) is 11.5 Å². The Morgan fingerprint density at radius 2 is 1.72 bits per heavy atom. The highest BCUT2D eigenvalue weighted by Gasteiger charge is 2.34. The lowest BCUT2D eigenvalue weighted by Crippen LogP contribution is -2.52. The minimum atomic E-state index is -4.26. The van der Waals surface area contributed by atoms with Crippen molar-refractivity contribution in [2.24, 2.45) is 0 Å². The highest BCUT2D eigenvalue weighted by atomic mass is 35.5. The van der Waals surface area contributed by atoms with Gasteiger partial charge >= 0.3 is 0 Å². The third kappa shape index (κ3) is 8.00. The smallest absolute Gasteiger partial charge is 0.264 e. The highest BCUT2D eigenvalue weighted by Crippen LogP contribution is 2.33. The summed E-state index contributed by atoms with van der Waals surface area (Å²) in [4.78, 5) is 29.0. The van der Waals surface area contributed by atoms with Gasteiger partial charge in [-0.3, -0.25) is 13.9 Å². The zero-order valence-corrected chi connectivity index (χ0v) is 26.2. The normalized spacial score (nSPS) is 14.1. The number of para-hydroxylation sites is 2. The molecule has 0 aromatic heterocycles. The highest BCUT2D eigenvalue weighted by molar-refractivity contribution is 7.92. The van der Waals surface area contributed by atoms with Crippen LogP contribution in [0, 0.1) is 0 Å². The fraction of sp³-hybridized carbons (Fsp3) is 0.375. The van der Waals surface area contributed by atoms with Crippen molar-refractivity contribution < 1.29 is 27.5 Å². The molecule has 1 unspecified atom stereocenters. The van der Waals surface area contributed by atoms with Gasteiger partial charge in [0.1, 0.15) is 24.1 Å². The van der Waals surface area contributed by atoms with E-state index in [-0.39, 0.29) is 29.1 Å². The number of halogens is 1. The van der Waals surface area contributed by atoms with Crippen LogP contribution in [0.25, 0.3) is 0 Å². The van der Waals surface area contributed by atoms with Gasteiger partial charge in [-0.15, -0.1) is 0 Å². The molecule has 4 rings (SSSR count). The summed E-state index contributed by atoms with van der Waals surface area (Å²) in [5, 5.41) is 3.45. The molecule has 11 heteroatoms. The molecule has 1 saturated carbocycles. The molecule has 1 aliphatic rings. The van der Waals surface area contributed by atoms with Crippen LogP contribution >= 0.6 is 11.6 Å². The average molecular weight is 628 g/mol. The number of hydrogen-bond acceptors (Lipinski definition) is 6. The number of carbonyl (C=O) groups is 2. The summed E-state index contributed by atoms with van der Waals surface area (Å²) in [7, 11) is -2.71. The fourth-order valence-corrected chi connectivity index (χ4v) is 6.68. The van der Waals surface area contributed by atoms with Crippen molar-refractivity contribution in [2.45, 2.75) is 63.1 Å². The summed E-state index contributed by atoms with van der Waals surface area (Å²) in [6, 6.07) is 18.8. The minimum Gasteiger partial charge on any atom is -0.497 e. The fourth-order valence-electron chi connectivity index (χ4n) is 5.13. The lowest BCUT2D eigenvalue weighted by molar-refractivity contribution is -0.139. The van der Waals surface area contributed by atoms with Crippen molar-refractivity contribution in [3.05, 3.63) is 83.4 Å². The maximum absolute atomic E-state index is 14.2. The van der Waals surface area contributed by atoms with E-state index < -0.39 is 28.5 Å². The summed E-state index contributed by atoms with van der Waals surface area (Å²) in [5.41, 5.74) is 0.937. The molecule has 230 valence electrons. The molecule has 1 atom stereocenters. The van der Waals surface area contributed by atoms with E-state index in [2.05, 4.69) is 5.32 Å². The van der Waals surface area contributed by atoms with Crippen molar-refractivity contribution in [2.75, 3.05) is 24.6 Å². The molecular formula is C32H38ClN3O6S. The van der Waals surface area contributed by atoms with Crippen molar-refractivity contribution >= 4 is 39.1 Å². The molecule has 1 N–H and O–H groups in total. The van der Waals surface area contributed by atoms with E-state index in [4.69, 9.17) is 21.1 Å². The van der Waals surface area contributed by atoms with E-state index in [0.29, 0.717) is 23.1 Å². The molecule has 0 bridgehead atoms. The second-order valence-corrected chi connectivity index (χ2v) is 12.7. The van der Waals surface area contributed by atoms with Gasteiger partial charge in [0.05, 0.1) is 24.3 Å². The van der Waals surface area contributed by atoms with Gasteiger partial charge in [0.2, 0.25) is 11.8 Å². The van der Waals surface area contributed by atoms with Crippen LogP contribution in [-0.2, 0) is 26.2 Å². The third-order valence-corrected chi connectivity index (χ3v) is 9.50. The maximum Gasteiger partial charge on any atom is 0.264 e. The van der Waals surface area contributed by atoms with Crippen molar-refractivity contribution in [1.82, 2.24) is 10.2 Å². The monoisotopic (exact) mass is 627 g/mol. The van der Waals surface area contributed by atoms with E-state index in [9.17, 15) is 18.0 Å². The number of carbonyl (C=O) groups excluding carboxylic acids is 2. The molecule has 3 aromatic carbocycles. The number of nitrogens with one attached hydrogen (secondary N) is 1. The number of hydrogen-bond donors (Lipinski definition) is 1. The first-order valence-corrected chi connectivity index (χ1v) is 16.2. The van der Waals surface area contributed by atoms with Gasteiger partial charge in [-0.1, -0.05) is 48.7 Å². The van der Waals surface area contributed by atoms with Crippen LogP contribution in [0.5, 0.6) is 11.5 Å². The largest absolute Gasteiger partial charge is 0.497 e. The second-order valence-electron chi connectivity index (χ2n) is 10.4. The zero-order chi connectivity index (χ0) is 31.0. The van der Waals surface area contributed by atoms with Gasteiger partial charge in [0.15, 0.2) is 0 Å². The van der Waals surface area contributed by atoms with Crippen LogP contribution in [0.1, 0.15) is 45.1 Å². The van der Waals surface area contributed by atoms with Gasteiger partial charge in [-0.25, -0.2) is 8.42 Å². The molecule has 0 radical (unpaired) electrons. The van der Waals surface area contributed by atoms with Gasteiger partial charge in [0.25, 0.3) is 10.0 Å². The molecular weight excluding hydrogens is 590 g/mol. The number of benzene rings is 3. The van der Waals surface area contributed by atoms with Crippen LogP contribution in [0.2, 0.25) is 5.02 Å². The van der Waals surface area contributed by atoms with Crippen molar-refractivity contribution in [3.63, 3.8) is 0 Å². The molecule has 3 aromatic rings. The average Bonchev–Trinajstić information content (AvgIpc) is 3.52. The summed E-state index contributed by atoms with van der Waals surface area (Å²) in [6.07, 6.45) is 3.87. The first-order valence-electron chi connectivity index (χ1n) is 14.4. The number of nitrogens with zero attached hydrogens (tertiary/aromatic N) is 2. The molecule has 1 fully saturated rings. The standard InChI is InChI=1S/C32H38ClN3O6S/c1-4-42-30-15-8-7-14-29(30)36(43(39,40)28-18-16-25(33)17-19-28)22-31(37)35(21-24-10-9-13-27(20-24)41-3)23(2)32(38)34-26-11-5-6-12-26/h7-10,13-20,23,26H,4-6,11-12,21-22H2,1-3H3,(H,34,38). The molecule has 0 aliphatic heterocycles. The molecule has 43 heavy (non-hydrogen) atoms. The maximum atomic E-state index is 14.2. The second kappa shape index (κ2) is 14.6. The molecule has 0 saturated heterocycles. The summed E-state index contributed by atoms with van der Waals surface area (Å²) < 4.78 is 40.3. The molecule has 0 heterocycles. The van der Waals surface area contributed by atoms with Gasteiger partial charge < -0.3 is 19.7 Å². The number of ether oxygens (including phenoxy) is 2. The quantitative estimate of drug-likeness (QED) is 0.271. The Morgan fingerprint density at radius 1 is 1.02 bits per heavy atom. The Balaban J connectivity index is 1.73.